The summed E-state index contributed by atoms with van der Waals surface area (Å²) >= 11 is 0. The van der Waals surface area contributed by atoms with Crippen LogP contribution in [0.5, 0.6) is 11.5 Å². The second-order valence-electron chi connectivity index (χ2n) is 5.01. The molecule has 1 fully saturated rings. The Hall–Kier alpha value is -1.55. The molecule has 4 nitrogen and oxygen atoms in total. The van der Waals surface area contributed by atoms with Gasteiger partial charge in [0.15, 0.2) is 11.5 Å². The zero-order chi connectivity index (χ0) is 34.0. The second kappa shape index (κ2) is 7.14. The fourth-order valence-electron chi connectivity index (χ4n) is 2.41. The number of carbonyl (C=O) groups is 1. The van der Waals surface area contributed by atoms with Crippen LogP contribution in [0.4, 0.5) is 0 Å². The number of hydrogen-bond donors (Lipinski definition) is 0. The third-order valence-electron chi connectivity index (χ3n) is 3.63. The highest BCUT2D eigenvalue weighted by Gasteiger charge is 2.38. The number of fused-ring (bicyclic) bond motifs is 3. The zero-order valence-corrected chi connectivity index (χ0v) is 13.0. The van der Waals surface area contributed by atoms with E-state index < -0.39 is 98.6 Å². The molecular weight excluding hydrogens is 302 g/mol. The Morgan fingerprint density at radius 3 is 3.08 bits per heavy atom. The molecule has 0 radical (unpaired) electrons. The SMILES string of the molecule is [2H]C([2H])([2H])Oc1cc2c(cc1OC)C([2H])([2H])C([2H])([2H])N1C2([2H])CC(=O)C([2H])(C([2H])([2H])C([2H])(C([2H])([2H])[2H])C([2H])([2H])C)C1([2H])[2H]. The van der Waals surface area contributed by atoms with Crippen LogP contribution in [-0.4, -0.2) is 37.8 Å². The van der Waals surface area contributed by atoms with Crippen molar-refractivity contribution in [2.24, 2.45) is 11.8 Å². The summed E-state index contributed by atoms with van der Waals surface area (Å²) in [4.78, 5) is 13.5. The standard InChI is InChI=1S/C20H29NO3/c1-5-13(2)8-15-12-21-7-6-14-9-19(23-3)20(24-4)10-16(14)17(21)11-18(15)22/h9-10,13,15,17H,5-8,11-12H2,1-4H3/i2D3,4D3,5D2,6D2,7D2,8D2,12D2,13D,15D,17D. The lowest BCUT2D eigenvalue weighted by Crippen LogP contribution is -2.46. The van der Waals surface area contributed by atoms with E-state index in [0.29, 0.717) is 6.92 Å². The van der Waals surface area contributed by atoms with Crippen LogP contribution in [-0.2, 0) is 11.2 Å². The molecule has 1 aromatic carbocycles. The molecule has 0 N–H and O–H groups in total. The molecule has 3 rings (SSSR count). The van der Waals surface area contributed by atoms with Crippen molar-refractivity contribution in [1.29, 1.82) is 0 Å². The van der Waals surface area contributed by atoms with E-state index in [4.69, 9.17) is 34.1 Å². The number of aryl methyl sites for hydroxylation is 1. The van der Waals surface area contributed by atoms with Crippen LogP contribution in [0.3, 0.4) is 0 Å². The summed E-state index contributed by atoms with van der Waals surface area (Å²) in [7, 11) is -2.08. The maximum Gasteiger partial charge on any atom is 0.161 e. The predicted molar refractivity (Wildman–Crippen MR) is 94.8 cm³/mol. The van der Waals surface area contributed by atoms with Gasteiger partial charge < -0.3 is 9.47 Å². The number of nitrogens with zero attached hydrogens (tertiary/aromatic N) is 1. The molecule has 4 heteroatoms. The lowest BCUT2D eigenvalue weighted by atomic mass is 9.79. The highest BCUT2D eigenvalue weighted by atomic mass is 16.5. The largest absolute Gasteiger partial charge is 0.493 e. The number of carbonyl (C=O) groups excluding carboxylic acids is 1. The van der Waals surface area contributed by atoms with Gasteiger partial charge in [-0.2, -0.15) is 0 Å². The van der Waals surface area contributed by atoms with Gasteiger partial charge in [-0.25, -0.2) is 0 Å². The van der Waals surface area contributed by atoms with Crippen LogP contribution in [0.15, 0.2) is 12.1 Å². The fraction of sp³-hybridized carbons (Fsp3) is 0.650. The lowest BCUT2D eigenvalue weighted by molar-refractivity contribution is -0.129. The lowest BCUT2D eigenvalue weighted by Gasteiger charge is -2.43. The quantitative estimate of drug-likeness (QED) is 0.813. The number of methoxy groups -OCH3 is 2. The van der Waals surface area contributed by atoms with E-state index in [0.717, 1.165) is 19.2 Å². The van der Waals surface area contributed by atoms with Crippen molar-refractivity contribution in [2.75, 3.05) is 27.1 Å². The Kier molecular flexibility index (Phi) is 1.63. The molecule has 3 atom stereocenters. The Labute approximate surface area is 171 Å². The van der Waals surface area contributed by atoms with Crippen molar-refractivity contribution in [2.45, 2.75) is 45.3 Å². The molecule has 0 aliphatic carbocycles. The van der Waals surface area contributed by atoms with E-state index in [1.165, 1.54) is 0 Å². The Bertz CT molecular complexity index is 1300. The number of piperidine rings is 1. The second-order valence-corrected chi connectivity index (χ2v) is 5.01. The average molecular weight is 351 g/mol. The van der Waals surface area contributed by atoms with Crippen LogP contribution >= 0.6 is 0 Å². The number of benzene rings is 1. The highest BCUT2D eigenvalue weighted by molar-refractivity contribution is 5.83. The summed E-state index contributed by atoms with van der Waals surface area (Å²) in [6.45, 7) is -11.3. The van der Waals surface area contributed by atoms with Crippen LogP contribution < -0.4 is 9.47 Å². The molecule has 2 aliphatic rings. The molecule has 0 aromatic heterocycles. The highest BCUT2D eigenvalue weighted by Crippen LogP contribution is 2.42. The Balaban J connectivity index is 2.47. The number of hydrogen-bond acceptors (Lipinski definition) is 4. The molecular formula is C20H29NO3. The number of ketones is 1. The van der Waals surface area contributed by atoms with Crippen molar-refractivity contribution in [3.05, 3.63) is 23.3 Å². The first kappa shape index (κ1) is 5.47. The first-order chi connectivity index (χ1) is 18.7. The van der Waals surface area contributed by atoms with E-state index in [-0.39, 0.29) is 4.90 Å². The first-order valence-electron chi connectivity index (χ1n) is 16.5. The summed E-state index contributed by atoms with van der Waals surface area (Å²) in [6, 6.07) is -1.51. The van der Waals surface area contributed by atoms with Crippen LogP contribution in [0, 0.1) is 11.8 Å². The van der Waals surface area contributed by atoms with Crippen molar-refractivity contribution in [3.8, 4) is 11.5 Å². The molecule has 0 spiro atoms. The molecule has 3 unspecified atom stereocenters. The van der Waals surface area contributed by atoms with E-state index in [1.54, 1.807) is 0 Å². The topological polar surface area (TPSA) is 38.8 Å². The van der Waals surface area contributed by atoms with E-state index in [1.807, 2.05) is 0 Å². The summed E-state index contributed by atoms with van der Waals surface area (Å²) in [5, 5.41) is 0. The van der Waals surface area contributed by atoms with Gasteiger partial charge in [0.2, 0.25) is 0 Å². The average Bonchev–Trinajstić information content (AvgIpc) is 2.77. The smallest absolute Gasteiger partial charge is 0.161 e. The van der Waals surface area contributed by atoms with Gasteiger partial charge in [-0.15, -0.1) is 0 Å². The van der Waals surface area contributed by atoms with Gasteiger partial charge in [0, 0.05) is 51.9 Å². The third kappa shape index (κ3) is 3.16. The third-order valence-corrected chi connectivity index (χ3v) is 3.63. The minimum absolute atomic E-state index is 0.252. The molecule has 132 valence electrons. The Morgan fingerprint density at radius 2 is 2.38 bits per heavy atom. The van der Waals surface area contributed by atoms with Crippen LogP contribution in [0.25, 0.3) is 0 Å². The van der Waals surface area contributed by atoms with Gasteiger partial charge in [0.05, 0.1) is 19.6 Å². The van der Waals surface area contributed by atoms with E-state index in [9.17, 15) is 6.17 Å². The van der Waals surface area contributed by atoms with E-state index >= 15 is 0 Å². The molecule has 1 aromatic rings. The monoisotopic (exact) mass is 350 g/mol. The van der Waals surface area contributed by atoms with Crippen molar-refractivity contribution >= 4 is 5.78 Å². The van der Waals surface area contributed by atoms with Gasteiger partial charge >= 0.3 is 0 Å². The minimum atomic E-state index is -4.29. The summed E-state index contributed by atoms with van der Waals surface area (Å²) in [6.07, 6.45) is -12.5. The summed E-state index contributed by atoms with van der Waals surface area (Å²) in [5.74, 6) is -11.1. The molecule has 24 heavy (non-hydrogen) atoms. The van der Waals surface area contributed by atoms with Gasteiger partial charge in [0.25, 0.3) is 0 Å². The van der Waals surface area contributed by atoms with Crippen molar-refractivity contribution in [3.63, 3.8) is 0 Å². The molecule has 0 bridgehead atoms. The maximum atomic E-state index is 13.8. The van der Waals surface area contributed by atoms with Gasteiger partial charge in [0.1, 0.15) is 5.78 Å². The normalized spacial score (nSPS) is 52.6. The Morgan fingerprint density at radius 1 is 1.54 bits per heavy atom. The summed E-state index contributed by atoms with van der Waals surface area (Å²) in [5.41, 5.74) is -1.39. The number of Topliss-reactive ketones (excluding diaryl/α,β-unsaturated/α-hetero) is 1. The van der Waals surface area contributed by atoms with Gasteiger partial charge in [-0.3, -0.25) is 9.69 Å². The van der Waals surface area contributed by atoms with Crippen LogP contribution in [0.1, 0.15) is 76.1 Å². The minimum Gasteiger partial charge on any atom is -0.493 e. The fourth-order valence-corrected chi connectivity index (χ4v) is 2.41. The first-order valence-corrected chi connectivity index (χ1v) is 7.01. The summed E-state index contributed by atoms with van der Waals surface area (Å²) < 4.78 is 168. The zero-order valence-electron chi connectivity index (χ0n) is 32.0. The van der Waals surface area contributed by atoms with Crippen molar-refractivity contribution < 1.29 is 40.3 Å². The number of rotatable bonds is 5. The predicted octanol–water partition coefficient (Wildman–Crippen LogP) is 3.63. The molecule has 2 heterocycles. The van der Waals surface area contributed by atoms with Gasteiger partial charge in [-0.1, -0.05) is 20.1 Å². The van der Waals surface area contributed by atoms with Crippen LogP contribution in [0.2, 0.25) is 0 Å². The van der Waals surface area contributed by atoms with Gasteiger partial charge in [-0.05, 0) is 41.9 Å². The maximum absolute atomic E-state index is 13.8. The molecule has 2 aliphatic heterocycles. The van der Waals surface area contributed by atoms with Crippen molar-refractivity contribution in [1.82, 2.24) is 4.90 Å². The number of ether oxygens (including phenoxy) is 2. The molecule has 0 saturated carbocycles. The van der Waals surface area contributed by atoms with E-state index in [2.05, 4.69) is 0 Å². The molecule has 0 amide bonds. The molecule has 1 saturated heterocycles.